The van der Waals surface area contributed by atoms with E-state index in [9.17, 15) is 0 Å². The molecule has 17 rings (SSSR count). The Balaban J connectivity index is 0.770. The van der Waals surface area contributed by atoms with Gasteiger partial charge in [0.25, 0.3) is 0 Å². The molecule has 4 aliphatic rings. The molecule has 388 valence electrons. The highest BCUT2D eigenvalue weighted by molar-refractivity contribution is 5.93. The predicted octanol–water partition coefficient (Wildman–Crippen LogP) is 20.8. The Bertz CT molecular complexity index is 4400. The van der Waals surface area contributed by atoms with Gasteiger partial charge in [-0.15, -0.1) is 0 Å². The van der Waals surface area contributed by atoms with Crippen molar-refractivity contribution in [1.82, 2.24) is 0 Å². The molecule has 3 heteroatoms. The van der Waals surface area contributed by atoms with Crippen LogP contribution < -0.4 is 14.4 Å². The third-order valence-electron chi connectivity index (χ3n) is 18.0. The summed E-state index contributed by atoms with van der Waals surface area (Å²) in [6, 6.07) is 113. The largest absolute Gasteiger partial charge is 0.457 e. The number of ether oxygens (including phenoxy) is 2. The van der Waals surface area contributed by atoms with E-state index in [1.54, 1.807) is 0 Å². The lowest BCUT2D eigenvalue weighted by atomic mass is 9.66. The van der Waals surface area contributed by atoms with Gasteiger partial charge in [-0.05, 0) is 168 Å². The Morgan fingerprint density at radius 1 is 0.193 bits per heavy atom. The minimum Gasteiger partial charge on any atom is -0.457 e. The molecule has 0 saturated carbocycles. The second-order valence-electron chi connectivity index (χ2n) is 22.2. The van der Waals surface area contributed by atoms with Crippen LogP contribution in [0.4, 0.5) is 17.1 Å². The van der Waals surface area contributed by atoms with Crippen molar-refractivity contribution in [2.24, 2.45) is 0 Å². The maximum absolute atomic E-state index is 6.66. The summed E-state index contributed by atoms with van der Waals surface area (Å²) < 4.78 is 13.3. The molecular weight excluding hydrogens is 1010 g/mol. The molecule has 3 nitrogen and oxygen atoms in total. The van der Waals surface area contributed by atoms with Gasteiger partial charge in [0.1, 0.15) is 23.0 Å². The zero-order chi connectivity index (χ0) is 54.6. The first kappa shape index (κ1) is 47.1. The fraction of sp³-hybridized carbons (Fsp3) is 0.0250. The van der Waals surface area contributed by atoms with Gasteiger partial charge in [-0.1, -0.05) is 231 Å². The summed E-state index contributed by atoms with van der Waals surface area (Å²) in [5.74, 6) is 3.57. The number of hydrogen-bond acceptors (Lipinski definition) is 3. The molecule has 0 amide bonds. The van der Waals surface area contributed by atoms with Crippen molar-refractivity contribution in [3.8, 4) is 89.8 Å². The molecule has 2 aliphatic heterocycles. The molecule has 0 saturated heterocycles. The zero-order valence-electron chi connectivity index (χ0n) is 45.2. The minimum atomic E-state index is -0.542. The van der Waals surface area contributed by atoms with Crippen molar-refractivity contribution in [2.45, 2.75) is 10.8 Å². The molecule has 0 fully saturated rings. The average molecular weight is 1060 g/mol. The summed E-state index contributed by atoms with van der Waals surface area (Å²) in [5, 5.41) is 0. The smallest absolute Gasteiger partial charge is 0.132 e. The highest BCUT2D eigenvalue weighted by Crippen LogP contribution is 2.64. The first-order chi connectivity index (χ1) is 41.1. The molecule has 13 aromatic carbocycles. The van der Waals surface area contributed by atoms with Crippen molar-refractivity contribution in [3.63, 3.8) is 0 Å². The molecule has 0 radical (unpaired) electrons. The number of rotatable bonds is 7. The summed E-state index contributed by atoms with van der Waals surface area (Å²) in [7, 11) is 0. The van der Waals surface area contributed by atoms with Gasteiger partial charge < -0.3 is 14.4 Å². The number of anilines is 3. The van der Waals surface area contributed by atoms with Gasteiger partial charge in [0.15, 0.2) is 0 Å². The van der Waals surface area contributed by atoms with Gasteiger partial charge in [0.05, 0.1) is 10.8 Å². The van der Waals surface area contributed by atoms with Crippen LogP contribution in [0.5, 0.6) is 23.0 Å². The van der Waals surface area contributed by atoms with E-state index >= 15 is 0 Å². The van der Waals surface area contributed by atoms with E-state index in [1.807, 2.05) is 0 Å². The van der Waals surface area contributed by atoms with Crippen molar-refractivity contribution in [3.05, 3.63) is 354 Å². The molecule has 0 unspecified atom stereocenters. The van der Waals surface area contributed by atoms with Gasteiger partial charge in [-0.3, -0.25) is 0 Å². The van der Waals surface area contributed by atoms with Gasteiger partial charge in [-0.2, -0.15) is 0 Å². The first-order valence-electron chi connectivity index (χ1n) is 28.6. The highest BCUT2D eigenvalue weighted by atomic mass is 16.5. The summed E-state index contributed by atoms with van der Waals surface area (Å²) >= 11 is 0. The molecule has 2 aliphatic carbocycles. The maximum Gasteiger partial charge on any atom is 0.132 e. The van der Waals surface area contributed by atoms with Crippen LogP contribution in [0.2, 0.25) is 0 Å². The fourth-order valence-electron chi connectivity index (χ4n) is 14.4. The Morgan fingerprint density at radius 3 is 0.855 bits per heavy atom. The van der Waals surface area contributed by atoms with Crippen molar-refractivity contribution in [1.29, 1.82) is 0 Å². The van der Waals surface area contributed by atoms with E-state index in [0.29, 0.717) is 0 Å². The molecule has 0 aromatic heterocycles. The molecule has 2 heterocycles. The Labute approximate surface area is 483 Å². The molecule has 13 aromatic rings. The monoisotopic (exact) mass is 1060 g/mol. The maximum atomic E-state index is 6.66. The van der Waals surface area contributed by atoms with Crippen LogP contribution in [0.25, 0.3) is 66.8 Å². The van der Waals surface area contributed by atoms with Crippen LogP contribution in [0.1, 0.15) is 44.5 Å². The lowest BCUT2D eigenvalue weighted by Gasteiger charge is -2.39. The van der Waals surface area contributed by atoms with Crippen molar-refractivity contribution >= 4 is 17.1 Å². The van der Waals surface area contributed by atoms with Crippen LogP contribution in [0.15, 0.2) is 309 Å². The third kappa shape index (κ3) is 6.98. The van der Waals surface area contributed by atoms with Crippen LogP contribution in [-0.2, 0) is 10.8 Å². The molecule has 0 N–H and O–H groups in total. The molecule has 0 atom stereocenters. The van der Waals surface area contributed by atoms with E-state index in [1.165, 1.54) is 61.2 Å². The quantitative estimate of drug-likeness (QED) is 0.159. The molecule has 0 bridgehead atoms. The highest BCUT2D eigenvalue weighted by Gasteiger charge is 2.52. The van der Waals surface area contributed by atoms with Gasteiger partial charge >= 0.3 is 0 Å². The lowest BCUT2D eigenvalue weighted by Crippen LogP contribution is -2.32. The van der Waals surface area contributed by atoms with Crippen LogP contribution in [-0.4, -0.2) is 0 Å². The van der Waals surface area contributed by atoms with E-state index in [0.717, 1.165) is 90.1 Å². The lowest BCUT2D eigenvalue weighted by molar-refractivity contribution is 0.436. The number of benzene rings is 13. The molecule has 2 spiro atoms. The number of hydrogen-bond donors (Lipinski definition) is 0. The van der Waals surface area contributed by atoms with Crippen LogP contribution in [0.3, 0.4) is 0 Å². The van der Waals surface area contributed by atoms with Gasteiger partial charge in [0, 0.05) is 39.3 Å². The number of para-hydroxylation sites is 4. The van der Waals surface area contributed by atoms with E-state index < -0.39 is 10.8 Å². The fourth-order valence-corrected chi connectivity index (χ4v) is 14.4. The minimum absolute atomic E-state index is 0.542. The predicted molar refractivity (Wildman–Crippen MR) is 338 cm³/mol. The second-order valence-corrected chi connectivity index (χ2v) is 22.2. The van der Waals surface area contributed by atoms with E-state index in [4.69, 9.17) is 9.47 Å². The van der Waals surface area contributed by atoms with Crippen molar-refractivity contribution < 1.29 is 9.47 Å². The van der Waals surface area contributed by atoms with Gasteiger partial charge in [0.2, 0.25) is 0 Å². The van der Waals surface area contributed by atoms with Crippen molar-refractivity contribution in [2.75, 3.05) is 4.90 Å². The van der Waals surface area contributed by atoms with Crippen LogP contribution in [0, 0.1) is 0 Å². The Hall–Kier alpha value is -10.7. The number of nitrogens with zero attached hydrogens (tertiary/aromatic N) is 1. The summed E-state index contributed by atoms with van der Waals surface area (Å²) in [6.45, 7) is 0. The van der Waals surface area contributed by atoms with Gasteiger partial charge in [-0.25, -0.2) is 0 Å². The average Bonchev–Trinajstić information content (AvgIpc) is 2.53. The first-order valence-corrected chi connectivity index (χ1v) is 28.6. The summed E-state index contributed by atoms with van der Waals surface area (Å²) in [5.41, 5.74) is 26.2. The SMILES string of the molecule is c1ccc(-c2cccc(-c3ccc(N(c4ccc(-c5ccc6c(c5)C5(c7ccccc7Oc7ccccc75)c5ccccc5-6)cc4)c4ccc(-c5ccc6c(c5)C5(c7ccccc7Oc7ccccc75)c5ccccc5-6)cc4)cc3)c2)cc1. The summed E-state index contributed by atoms with van der Waals surface area (Å²) in [4.78, 5) is 2.38. The van der Waals surface area contributed by atoms with E-state index in [2.05, 4.69) is 314 Å². The zero-order valence-corrected chi connectivity index (χ0v) is 45.2. The third-order valence-corrected chi connectivity index (χ3v) is 18.0. The molecule has 83 heavy (non-hydrogen) atoms. The van der Waals surface area contributed by atoms with E-state index in [-0.39, 0.29) is 0 Å². The number of fused-ring (bicyclic) bond motifs is 18. The normalized spacial score (nSPS) is 13.7. The summed E-state index contributed by atoms with van der Waals surface area (Å²) in [6.07, 6.45) is 0. The standard InChI is InChI=1S/C80H51NO2/c1-2-17-52(18-3-1)56-19-16-20-57(49-56)53-33-41-60(42-34-53)81(61-43-35-54(36-44-61)58-39-47-65-63-21-4-6-23-67(63)79(73(65)50-58)69-25-8-12-29-75(69)82-76-30-13-9-26-70(76)79)62-45-37-55(38-46-62)59-40-48-66-64-22-5-7-24-68(64)80(74(66)51-59)71-27-10-14-31-77(71)83-78-32-15-11-28-72(78)80/h1-51H. The molecular formula is C80H51NO2. The Kier molecular flexibility index (Phi) is 10.4. The Morgan fingerprint density at radius 2 is 0.470 bits per heavy atom. The second kappa shape index (κ2) is 18.4. The van der Waals surface area contributed by atoms with Crippen LogP contribution >= 0.6 is 0 Å². The topological polar surface area (TPSA) is 21.7 Å².